The molecule has 15 heavy (non-hydrogen) atoms. The molecule has 1 heteroatoms. The Hall–Kier alpha value is -1.60. The van der Waals surface area contributed by atoms with Gasteiger partial charge in [-0.05, 0) is 11.1 Å². The molecular formula is C14H13N. The Kier molecular flexibility index (Phi) is 3.53. The largest absolute Gasteiger partial charge is 0.300 e. The topological polar surface area (TPSA) is 12.0 Å². The van der Waals surface area contributed by atoms with Crippen molar-refractivity contribution in [2.45, 2.75) is 0 Å². The molecule has 0 aromatic heterocycles. The highest BCUT2D eigenvalue weighted by molar-refractivity contribution is 5.26. The summed E-state index contributed by atoms with van der Waals surface area (Å²) in [4.78, 5) is 0. The van der Waals surface area contributed by atoms with E-state index in [2.05, 4.69) is 29.6 Å². The summed E-state index contributed by atoms with van der Waals surface area (Å²) < 4.78 is 0. The molecule has 0 bridgehead atoms. The summed E-state index contributed by atoms with van der Waals surface area (Å²) in [6.07, 6.45) is 0. The van der Waals surface area contributed by atoms with E-state index in [4.69, 9.17) is 0 Å². The van der Waals surface area contributed by atoms with Crippen LogP contribution in [0.5, 0.6) is 0 Å². The maximum absolute atomic E-state index is 3.17. The first-order chi connectivity index (χ1) is 7.45. The van der Waals surface area contributed by atoms with Crippen LogP contribution in [0.3, 0.4) is 0 Å². The van der Waals surface area contributed by atoms with Gasteiger partial charge in [0.05, 0.1) is 13.1 Å². The number of hydrogen-bond acceptors (Lipinski definition) is 1. The Bertz CT molecular complexity index is 341. The van der Waals surface area contributed by atoms with E-state index in [0.29, 0.717) is 0 Å². The van der Waals surface area contributed by atoms with Crippen molar-refractivity contribution in [3.63, 3.8) is 0 Å². The lowest BCUT2D eigenvalue weighted by Gasteiger charge is -2.03. The number of nitrogens with one attached hydrogen (secondary N) is 1. The van der Waals surface area contributed by atoms with Gasteiger partial charge in [0.2, 0.25) is 0 Å². The minimum atomic E-state index is 1.17. The fourth-order valence-corrected chi connectivity index (χ4v) is 1.33. The van der Waals surface area contributed by atoms with E-state index in [1.165, 1.54) is 11.1 Å². The molecule has 0 saturated carbocycles. The molecule has 2 aromatic rings. The minimum Gasteiger partial charge on any atom is -0.300 e. The molecule has 0 aliphatic heterocycles. The van der Waals surface area contributed by atoms with Crippen molar-refractivity contribution in [3.05, 3.63) is 84.9 Å². The zero-order valence-electron chi connectivity index (χ0n) is 8.43. The first-order valence-electron chi connectivity index (χ1n) is 4.98. The zero-order chi connectivity index (χ0) is 10.3. The van der Waals surface area contributed by atoms with Gasteiger partial charge >= 0.3 is 0 Å². The van der Waals surface area contributed by atoms with Crippen LogP contribution in [0, 0.1) is 13.1 Å². The molecular weight excluding hydrogens is 182 g/mol. The lowest BCUT2D eigenvalue weighted by molar-refractivity contribution is 0.998. The zero-order valence-corrected chi connectivity index (χ0v) is 8.43. The Balaban J connectivity index is 1.81. The van der Waals surface area contributed by atoms with E-state index in [-0.39, 0.29) is 0 Å². The number of rotatable bonds is 4. The molecule has 0 atom stereocenters. The fourth-order valence-electron chi connectivity index (χ4n) is 1.33. The summed E-state index contributed by atoms with van der Waals surface area (Å²) >= 11 is 0. The lowest BCUT2D eigenvalue weighted by Crippen LogP contribution is -2.07. The molecule has 2 radical (unpaired) electrons. The van der Waals surface area contributed by atoms with Gasteiger partial charge in [-0.2, -0.15) is 0 Å². The quantitative estimate of drug-likeness (QED) is 0.790. The third-order valence-corrected chi connectivity index (χ3v) is 2.10. The Labute approximate surface area is 90.8 Å². The summed E-state index contributed by atoms with van der Waals surface area (Å²) in [5, 5.41) is 3.17. The second-order valence-corrected chi connectivity index (χ2v) is 3.28. The molecule has 74 valence electrons. The van der Waals surface area contributed by atoms with Crippen LogP contribution in [0.2, 0.25) is 0 Å². The van der Waals surface area contributed by atoms with Crippen molar-refractivity contribution in [2.24, 2.45) is 0 Å². The van der Waals surface area contributed by atoms with Crippen LogP contribution in [-0.4, -0.2) is 0 Å². The van der Waals surface area contributed by atoms with Crippen molar-refractivity contribution in [1.82, 2.24) is 5.32 Å². The number of benzene rings is 2. The standard InChI is InChI=1S/C14H13N/c1-3-7-13(8-4-1)11-15-12-14-9-5-2-6-10-14/h1-12,15H. The van der Waals surface area contributed by atoms with Crippen LogP contribution in [0.1, 0.15) is 11.1 Å². The summed E-state index contributed by atoms with van der Waals surface area (Å²) in [6.45, 7) is 3.96. The third kappa shape index (κ3) is 3.22. The van der Waals surface area contributed by atoms with Crippen molar-refractivity contribution >= 4 is 0 Å². The molecule has 0 spiro atoms. The van der Waals surface area contributed by atoms with E-state index in [9.17, 15) is 0 Å². The van der Waals surface area contributed by atoms with Gasteiger partial charge in [-0.15, -0.1) is 0 Å². The van der Waals surface area contributed by atoms with Gasteiger partial charge in [-0.3, -0.25) is 5.32 Å². The average Bonchev–Trinajstić information content (AvgIpc) is 2.32. The summed E-state index contributed by atoms with van der Waals surface area (Å²) in [5.41, 5.74) is 2.34. The maximum atomic E-state index is 3.17. The predicted molar refractivity (Wildman–Crippen MR) is 62.8 cm³/mol. The second kappa shape index (κ2) is 5.32. The fraction of sp³-hybridized carbons (Fsp3) is 0. The van der Waals surface area contributed by atoms with Gasteiger partial charge in [-0.1, -0.05) is 60.7 Å². The van der Waals surface area contributed by atoms with Crippen LogP contribution in [0.4, 0.5) is 0 Å². The molecule has 1 N–H and O–H groups in total. The molecule has 1 nitrogen and oxygen atoms in total. The van der Waals surface area contributed by atoms with Gasteiger partial charge in [0.25, 0.3) is 0 Å². The Morgan fingerprint density at radius 1 is 0.600 bits per heavy atom. The van der Waals surface area contributed by atoms with Crippen molar-refractivity contribution < 1.29 is 0 Å². The van der Waals surface area contributed by atoms with Crippen LogP contribution < -0.4 is 5.32 Å². The van der Waals surface area contributed by atoms with Gasteiger partial charge in [0, 0.05) is 0 Å². The lowest BCUT2D eigenvalue weighted by atomic mass is 10.2. The third-order valence-electron chi connectivity index (χ3n) is 2.10. The van der Waals surface area contributed by atoms with Crippen LogP contribution in [0.25, 0.3) is 0 Å². The highest BCUT2D eigenvalue weighted by Crippen LogP contribution is 2.03. The van der Waals surface area contributed by atoms with Crippen LogP contribution >= 0.6 is 0 Å². The summed E-state index contributed by atoms with van der Waals surface area (Å²) in [5.74, 6) is 0. The molecule has 2 aromatic carbocycles. The predicted octanol–water partition coefficient (Wildman–Crippen LogP) is 3.00. The number of hydrogen-bond donors (Lipinski definition) is 1. The van der Waals surface area contributed by atoms with Gasteiger partial charge in [-0.25, -0.2) is 0 Å². The van der Waals surface area contributed by atoms with E-state index in [1.807, 2.05) is 49.5 Å². The monoisotopic (exact) mass is 195 g/mol. The highest BCUT2D eigenvalue weighted by Gasteiger charge is 1.93. The normalized spacial score (nSPS) is 10.1. The minimum absolute atomic E-state index is 1.17. The van der Waals surface area contributed by atoms with Gasteiger partial charge < -0.3 is 0 Å². The smallest absolute Gasteiger partial charge is 0.0523 e. The average molecular weight is 195 g/mol. The first kappa shape index (κ1) is 9.94. The first-order valence-corrected chi connectivity index (χ1v) is 4.98. The van der Waals surface area contributed by atoms with Crippen molar-refractivity contribution in [2.75, 3.05) is 0 Å². The summed E-state index contributed by atoms with van der Waals surface area (Å²) in [7, 11) is 0. The van der Waals surface area contributed by atoms with E-state index in [1.54, 1.807) is 0 Å². The molecule has 0 amide bonds. The van der Waals surface area contributed by atoms with Crippen molar-refractivity contribution in [3.8, 4) is 0 Å². The van der Waals surface area contributed by atoms with E-state index >= 15 is 0 Å². The van der Waals surface area contributed by atoms with Crippen LogP contribution in [0.15, 0.2) is 60.7 Å². The molecule has 0 aliphatic rings. The molecule has 0 aliphatic carbocycles. The van der Waals surface area contributed by atoms with Crippen molar-refractivity contribution in [1.29, 1.82) is 0 Å². The van der Waals surface area contributed by atoms with Gasteiger partial charge in [0.15, 0.2) is 0 Å². The molecule has 0 unspecified atom stereocenters. The van der Waals surface area contributed by atoms with Crippen LogP contribution in [-0.2, 0) is 0 Å². The van der Waals surface area contributed by atoms with E-state index in [0.717, 1.165) is 0 Å². The molecule has 0 heterocycles. The SMILES string of the molecule is [CH](N[CH]c1ccccc1)c1ccccc1. The second-order valence-electron chi connectivity index (χ2n) is 3.28. The maximum Gasteiger partial charge on any atom is 0.0523 e. The molecule has 0 fully saturated rings. The molecule has 0 saturated heterocycles. The van der Waals surface area contributed by atoms with E-state index < -0.39 is 0 Å². The summed E-state index contributed by atoms with van der Waals surface area (Å²) in [6, 6.07) is 20.4. The highest BCUT2D eigenvalue weighted by atomic mass is 14.8. The molecule has 2 rings (SSSR count). The Morgan fingerprint density at radius 3 is 1.40 bits per heavy atom. The van der Waals surface area contributed by atoms with Gasteiger partial charge in [0.1, 0.15) is 0 Å². The Morgan fingerprint density at radius 2 is 1.00 bits per heavy atom.